The van der Waals surface area contributed by atoms with Crippen LogP contribution in [-0.2, 0) is 0 Å². The van der Waals surface area contributed by atoms with E-state index in [9.17, 15) is 0 Å². The molecular formula is C21H26N4. The van der Waals surface area contributed by atoms with E-state index in [0.29, 0.717) is 12.0 Å². The van der Waals surface area contributed by atoms with E-state index in [1.54, 1.807) is 0 Å². The number of benzene rings is 1. The molecule has 4 heteroatoms. The lowest BCUT2D eigenvalue weighted by Crippen LogP contribution is -2.18. The minimum absolute atomic E-state index is 0.382. The van der Waals surface area contributed by atoms with Crippen molar-refractivity contribution < 1.29 is 0 Å². The summed E-state index contributed by atoms with van der Waals surface area (Å²) in [7, 11) is 0. The van der Waals surface area contributed by atoms with Crippen LogP contribution in [0.25, 0.3) is 16.8 Å². The molecule has 0 unspecified atom stereocenters. The van der Waals surface area contributed by atoms with Gasteiger partial charge in [-0.05, 0) is 31.2 Å². The zero-order chi connectivity index (χ0) is 17.4. The van der Waals surface area contributed by atoms with E-state index in [0.717, 1.165) is 28.4 Å². The monoisotopic (exact) mass is 334 g/mol. The molecule has 1 aliphatic rings. The summed E-state index contributed by atoms with van der Waals surface area (Å²) in [6.07, 6.45) is 5.12. The van der Waals surface area contributed by atoms with Gasteiger partial charge in [-0.15, -0.1) is 0 Å². The van der Waals surface area contributed by atoms with Crippen molar-refractivity contribution in [3.8, 4) is 11.1 Å². The minimum atomic E-state index is 0.382. The lowest BCUT2D eigenvalue weighted by atomic mass is 10.1. The van der Waals surface area contributed by atoms with Gasteiger partial charge in [-0.25, -0.2) is 4.98 Å². The first-order chi connectivity index (χ1) is 12.1. The summed E-state index contributed by atoms with van der Waals surface area (Å²) in [6, 6.07) is 13.2. The van der Waals surface area contributed by atoms with Crippen LogP contribution in [0.3, 0.4) is 0 Å². The smallest absolute Gasteiger partial charge is 0.165 e. The lowest BCUT2D eigenvalue weighted by Gasteiger charge is -2.16. The first kappa shape index (κ1) is 16.1. The molecule has 130 valence electrons. The second-order valence-corrected chi connectivity index (χ2v) is 7.41. The van der Waals surface area contributed by atoms with Gasteiger partial charge in [0.25, 0.3) is 0 Å². The quantitative estimate of drug-likeness (QED) is 0.714. The van der Waals surface area contributed by atoms with Gasteiger partial charge in [-0.1, -0.05) is 57.0 Å². The van der Waals surface area contributed by atoms with Crippen molar-refractivity contribution in [2.24, 2.45) is 0 Å². The third kappa shape index (κ3) is 3.01. The zero-order valence-corrected chi connectivity index (χ0v) is 15.3. The Hall–Kier alpha value is -2.36. The molecule has 1 aliphatic carbocycles. The predicted molar refractivity (Wildman–Crippen MR) is 103 cm³/mol. The SMILES string of the molecule is Cc1nn2c(NC3CCCC3)cc(C(C)C)nc2c1-c1ccccc1. The maximum Gasteiger partial charge on any atom is 0.165 e. The largest absolute Gasteiger partial charge is 0.367 e. The molecule has 0 spiro atoms. The fourth-order valence-electron chi connectivity index (χ4n) is 3.76. The van der Waals surface area contributed by atoms with E-state index in [-0.39, 0.29) is 0 Å². The van der Waals surface area contributed by atoms with E-state index in [4.69, 9.17) is 10.1 Å². The first-order valence-electron chi connectivity index (χ1n) is 9.35. The Morgan fingerprint density at radius 2 is 1.84 bits per heavy atom. The van der Waals surface area contributed by atoms with E-state index in [1.165, 1.54) is 31.2 Å². The number of hydrogen-bond acceptors (Lipinski definition) is 3. The molecule has 1 N–H and O–H groups in total. The van der Waals surface area contributed by atoms with Crippen LogP contribution in [0.4, 0.5) is 5.82 Å². The summed E-state index contributed by atoms with van der Waals surface area (Å²) in [5, 5.41) is 8.56. The number of fused-ring (bicyclic) bond motifs is 1. The summed E-state index contributed by atoms with van der Waals surface area (Å²) in [5.74, 6) is 1.46. The Morgan fingerprint density at radius 1 is 1.12 bits per heavy atom. The molecule has 2 aromatic heterocycles. The second kappa shape index (κ2) is 6.51. The van der Waals surface area contributed by atoms with Gasteiger partial charge in [0.1, 0.15) is 5.82 Å². The first-order valence-corrected chi connectivity index (χ1v) is 9.35. The van der Waals surface area contributed by atoms with Crippen LogP contribution in [0.5, 0.6) is 0 Å². The highest BCUT2D eigenvalue weighted by molar-refractivity contribution is 5.81. The van der Waals surface area contributed by atoms with E-state index >= 15 is 0 Å². The Morgan fingerprint density at radius 3 is 2.52 bits per heavy atom. The van der Waals surface area contributed by atoms with Crippen LogP contribution in [0, 0.1) is 6.92 Å². The molecule has 0 bridgehead atoms. The molecule has 0 aliphatic heterocycles. The van der Waals surface area contributed by atoms with Gasteiger partial charge >= 0.3 is 0 Å². The molecule has 2 heterocycles. The molecule has 25 heavy (non-hydrogen) atoms. The van der Waals surface area contributed by atoms with Gasteiger partial charge in [0.2, 0.25) is 0 Å². The van der Waals surface area contributed by atoms with Crippen LogP contribution in [-0.4, -0.2) is 20.6 Å². The number of rotatable bonds is 4. The third-order valence-corrected chi connectivity index (χ3v) is 5.14. The molecular weight excluding hydrogens is 308 g/mol. The van der Waals surface area contributed by atoms with Crippen LogP contribution in [0.1, 0.15) is 56.8 Å². The maximum atomic E-state index is 4.97. The maximum absolute atomic E-state index is 4.97. The number of hydrogen-bond donors (Lipinski definition) is 1. The lowest BCUT2D eigenvalue weighted by molar-refractivity contribution is 0.734. The fourth-order valence-corrected chi connectivity index (χ4v) is 3.76. The Labute approximate surface area is 149 Å². The minimum Gasteiger partial charge on any atom is -0.367 e. The van der Waals surface area contributed by atoms with Gasteiger partial charge < -0.3 is 5.32 Å². The van der Waals surface area contributed by atoms with Crippen molar-refractivity contribution in [1.29, 1.82) is 0 Å². The van der Waals surface area contributed by atoms with Gasteiger partial charge in [-0.3, -0.25) is 0 Å². The highest BCUT2D eigenvalue weighted by Crippen LogP contribution is 2.31. The molecule has 0 radical (unpaired) electrons. The fraction of sp³-hybridized carbons (Fsp3) is 0.429. The van der Waals surface area contributed by atoms with Crippen LogP contribution in [0.15, 0.2) is 36.4 Å². The Kier molecular flexibility index (Phi) is 4.20. The molecule has 4 nitrogen and oxygen atoms in total. The molecule has 0 saturated heterocycles. The number of nitrogens with one attached hydrogen (secondary N) is 1. The molecule has 1 aromatic carbocycles. The zero-order valence-electron chi connectivity index (χ0n) is 15.3. The van der Waals surface area contributed by atoms with Crippen molar-refractivity contribution in [1.82, 2.24) is 14.6 Å². The van der Waals surface area contributed by atoms with Crippen molar-refractivity contribution in [2.75, 3.05) is 5.32 Å². The van der Waals surface area contributed by atoms with Crippen LogP contribution in [0.2, 0.25) is 0 Å². The normalized spacial score (nSPS) is 15.4. The summed E-state index contributed by atoms with van der Waals surface area (Å²) in [6.45, 7) is 6.47. The van der Waals surface area contributed by atoms with Crippen molar-refractivity contribution in [3.05, 3.63) is 47.8 Å². The number of anilines is 1. The average Bonchev–Trinajstić information content (AvgIpc) is 3.22. The average molecular weight is 334 g/mol. The molecule has 0 amide bonds. The van der Waals surface area contributed by atoms with Crippen LogP contribution >= 0.6 is 0 Å². The predicted octanol–water partition coefficient (Wildman–Crippen LogP) is 5.18. The second-order valence-electron chi connectivity index (χ2n) is 7.41. The van der Waals surface area contributed by atoms with E-state index < -0.39 is 0 Å². The third-order valence-electron chi connectivity index (χ3n) is 5.14. The summed E-state index contributed by atoms with van der Waals surface area (Å²) < 4.78 is 2.00. The molecule has 4 rings (SSSR count). The molecule has 1 saturated carbocycles. The van der Waals surface area contributed by atoms with Gasteiger partial charge in [0, 0.05) is 23.4 Å². The molecule has 1 fully saturated rings. The summed E-state index contributed by atoms with van der Waals surface area (Å²) in [4.78, 5) is 4.97. The Bertz CT molecular complexity index is 874. The van der Waals surface area contributed by atoms with Crippen molar-refractivity contribution >= 4 is 11.5 Å². The summed E-state index contributed by atoms with van der Waals surface area (Å²) in [5.41, 5.74) is 5.40. The molecule has 3 aromatic rings. The number of aromatic nitrogens is 3. The summed E-state index contributed by atoms with van der Waals surface area (Å²) >= 11 is 0. The van der Waals surface area contributed by atoms with Gasteiger partial charge in [0.15, 0.2) is 5.65 Å². The number of nitrogens with zero attached hydrogens (tertiary/aromatic N) is 3. The van der Waals surface area contributed by atoms with Gasteiger partial charge in [0.05, 0.1) is 5.69 Å². The topological polar surface area (TPSA) is 42.2 Å². The standard InChI is InChI=1S/C21H26N4/c1-14(2)18-13-19(22-17-11-7-8-12-17)25-21(23-18)20(15(3)24-25)16-9-5-4-6-10-16/h4-6,9-10,13-14,17,22H,7-8,11-12H2,1-3H3. The van der Waals surface area contributed by atoms with Crippen LogP contribution < -0.4 is 5.32 Å². The molecule has 0 atom stereocenters. The van der Waals surface area contributed by atoms with Gasteiger partial charge in [-0.2, -0.15) is 9.61 Å². The van der Waals surface area contributed by atoms with Crippen molar-refractivity contribution in [3.63, 3.8) is 0 Å². The number of aryl methyl sites for hydroxylation is 1. The van der Waals surface area contributed by atoms with E-state index in [1.807, 2.05) is 10.6 Å². The highest BCUT2D eigenvalue weighted by atomic mass is 15.3. The van der Waals surface area contributed by atoms with Crippen molar-refractivity contribution in [2.45, 2.75) is 58.4 Å². The Balaban J connectivity index is 1.90. The highest BCUT2D eigenvalue weighted by Gasteiger charge is 2.20. The van der Waals surface area contributed by atoms with E-state index in [2.05, 4.69) is 56.4 Å².